The number of hydrogen-bond donors (Lipinski definition) is 0. The van der Waals surface area contributed by atoms with Crippen LogP contribution in [0.25, 0.3) is 0 Å². The van der Waals surface area contributed by atoms with Crippen molar-refractivity contribution in [3.63, 3.8) is 0 Å². The highest BCUT2D eigenvalue weighted by Gasteiger charge is 2.32. The van der Waals surface area contributed by atoms with Gasteiger partial charge in [0.05, 0.1) is 5.25 Å². The van der Waals surface area contributed by atoms with Gasteiger partial charge in [0.1, 0.15) is 0 Å². The minimum absolute atomic E-state index is 0.460. The third-order valence-electron chi connectivity index (χ3n) is 4.11. The number of nitrogens with zero attached hydrogens (tertiary/aromatic N) is 1. The van der Waals surface area contributed by atoms with Crippen LogP contribution in [-0.2, 0) is 5.75 Å². The van der Waals surface area contributed by atoms with E-state index in [0.717, 1.165) is 5.75 Å². The zero-order chi connectivity index (χ0) is 14.9. The van der Waals surface area contributed by atoms with Crippen LogP contribution >= 0.6 is 23.5 Å². The first-order chi connectivity index (χ1) is 10.8. The van der Waals surface area contributed by atoms with E-state index in [4.69, 9.17) is 0 Å². The lowest BCUT2D eigenvalue weighted by atomic mass is 10.1. The number of hydrogen-bond acceptors (Lipinski definition) is 3. The maximum atomic E-state index is 2.37. The molecule has 0 saturated heterocycles. The first-order valence-corrected chi connectivity index (χ1v) is 9.32. The minimum atomic E-state index is 0.460. The standard InChI is InChI=1S/C19H17NS2/c1-20-17-10-9-15(22-13-14-6-3-2-4-7-14)12-16(17)19-18(20)8-5-11-21-19/h2-12,19H,13H2,1H3. The van der Waals surface area contributed by atoms with Crippen LogP contribution in [0.1, 0.15) is 16.4 Å². The van der Waals surface area contributed by atoms with Gasteiger partial charge in [0.2, 0.25) is 0 Å². The highest BCUT2D eigenvalue weighted by atomic mass is 32.2. The van der Waals surface area contributed by atoms with Gasteiger partial charge in [0, 0.05) is 29.1 Å². The van der Waals surface area contributed by atoms with E-state index in [1.54, 1.807) is 0 Å². The molecule has 2 aromatic rings. The molecule has 4 rings (SSSR count). The van der Waals surface area contributed by atoms with Crippen molar-refractivity contribution in [1.82, 2.24) is 0 Å². The number of benzene rings is 2. The monoisotopic (exact) mass is 323 g/mol. The van der Waals surface area contributed by atoms with Gasteiger partial charge in [-0.1, -0.05) is 36.4 Å². The Bertz CT molecular complexity index is 749. The van der Waals surface area contributed by atoms with Gasteiger partial charge in [-0.3, -0.25) is 0 Å². The summed E-state index contributed by atoms with van der Waals surface area (Å²) in [5.41, 5.74) is 5.56. The van der Waals surface area contributed by atoms with Gasteiger partial charge in [0.15, 0.2) is 0 Å². The Morgan fingerprint density at radius 3 is 2.86 bits per heavy atom. The molecule has 0 aromatic heterocycles. The molecule has 2 aliphatic rings. The molecule has 110 valence electrons. The van der Waals surface area contributed by atoms with E-state index in [1.165, 1.54) is 27.4 Å². The number of likely N-dealkylation sites (N-methyl/N-ethyl adjacent to an activating group) is 1. The Kier molecular flexibility index (Phi) is 3.77. The molecule has 0 fully saturated rings. The van der Waals surface area contributed by atoms with Crippen LogP contribution in [0.4, 0.5) is 5.69 Å². The number of allylic oxidation sites excluding steroid dienone is 2. The Balaban J connectivity index is 1.58. The average molecular weight is 323 g/mol. The summed E-state index contributed by atoms with van der Waals surface area (Å²) in [6, 6.07) is 17.6. The summed E-state index contributed by atoms with van der Waals surface area (Å²) in [5.74, 6) is 1.02. The predicted octanol–water partition coefficient (Wildman–Crippen LogP) is 5.61. The molecule has 0 bridgehead atoms. The van der Waals surface area contributed by atoms with Gasteiger partial charge in [-0.25, -0.2) is 0 Å². The molecule has 1 unspecified atom stereocenters. The van der Waals surface area contributed by atoms with Crippen molar-refractivity contribution in [3.05, 3.63) is 82.9 Å². The SMILES string of the molecule is CN1C2=CC=CSC2c2cc(SCc3ccccc3)ccc21. The van der Waals surface area contributed by atoms with Crippen LogP contribution < -0.4 is 4.90 Å². The van der Waals surface area contributed by atoms with Gasteiger partial charge in [-0.15, -0.1) is 23.5 Å². The molecule has 0 aliphatic carbocycles. The van der Waals surface area contributed by atoms with Crippen LogP contribution in [0.2, 0.25) is 0 Å². The zero-order valence-electron chi connectivity index (χ0n) is 12.4. The fourth-order valence-corrected chi connectivity index (χ4v) is 4.90. The lowest BCUT2D eigenvalue weighted by Crippen LogP contribution is -2.12. The Morgan fingerprint density at radius 1 is 1.14 bits per heavy atom. The molecule has 0 saturated carbocycles. The fraction of sp³-hybridized carbons (Fsp3) is 0.158. The van der Waals surface area contributed by atoms with Crippen LogP contribution in [0.5, 0.6) is 0 Å². The normalized spacial score (nSPS) is 18.9. The van der Waals surface area contributed by atoms with E-state index in [0.29, 0.717) is 5.25 Å². The third-order valence-corrected chi connectivity index (χ3v) is 6.25. The summed E-state index contributed by atoms with van der Waals surface area (Å²) < 4.78 is 0. The molecule has 2 aliphatic heterocycles. The van der Waals surface area contributed by atoms with Crippen molar-refractivity contribution in [2.75, 3.05) is 11.9 Å². The molecule has 2 heterocycles. The summed E-state index contributed by atoms with van der Waals surface area (Å²) in [6.45, 7) is 0. The van der Waals surface area contributed by atoms with Gasteiger partial charge < -0.3 is 4.90 Å². The summed E-state index contributed by atoms with van der Waals surface area (Å²) >= 11 is 3.82. The van der Waals surface area contributed by atoms with Gasteiger partial charge >= 0.3 is 0 Å². The number of thioether (sulfide) groups is 2. The summed E-state index contributed by atoms with van der Waals surface area (Å²) in [5, 5.41) is 2.66. The molecule has 3 heteroatoms. The quantitative estimate of drug-likeness (QED) is 0.675. The largest absolute Gasteiger partial charge is 0.346 e. The van der Waals surface area contributed by atoms with Gasteiger partial charge in [-0.05, 0) is 40.8 Å². The number of anilines is 1. The highest BCUT2D eigenvalue weighted by Crippen LogP contribution is 2.51. The molecule has 0 N–H and O–H groups in total. The Morgan fingerprint density at radius 2 is 2.00 bits per heavy atom. The summed E-state index contributed by atoms with van der Waals surface area (Å²) in [6.07, 6.45) is 4.38. The van der Waals surface area contributed by atoms with Crippen LogP contribution in [0, 0.1) is 0 Å². The average Bonchev–Trinajstić information content (AvgIpc) is 2.87. The summed E-state index contributed by atoms with van der Waals surface area (Å²) in [4.78, 5) is 3.68. The lowest BCUT2D eigenvalue weighted by Gasteiger charge is -2.18. The molecule has 1 nitrogen and oxygen atoms in total. The van der Waals surface area contributed by atoms with Gasteiger partial charge in [0.25, 0.3) is 0 Å². The molecular weight excluding hydrogens is 306 g/mol. The van der Waals surface area contributed by atoms with Crippen molar-refractivity contribution >= 4 is 29.2 Å². The molecule has 1 atom stereocenters. The maximum absolute atomic E-state index is 2.37. The third kappa shape index (κ3) is 2.49. The smallest absolute Gasteiger partial charge is 0.0760 e. The molecular formula is C19H17NS2. The first kappa shape index (κ1) is 14.0. The van der Waals surface area contributed by atoms with Crippen LogP contribution in [0.3, 0.4) is 0 Å². The van der Waals surface area contributed by atoms with Crippen molar-refractivity contribution in [2.24, 2.45) is 0 Å². The second kappa shape index (κ2) is 5.90. The maximum Gasteiger partial charge on any atom is 0.0760 e. The molecule has 2 aromatic carbocycles. The first-order valence-electron chi connectivity index (χ1n) is 7.39. The second-order valence-corrected chi connectivity index (χ2v) is 7.55. The van der Waals surface area contributed by atoms with Crippen molar-refractivity contribution in [2.45, 2.75) is 15.9 Å². The molecule has 0 radical (unpaired) electrons. The predicted molar refractivity (Wildman–Crippen MR) is 98.4 cm³/mol. The van der Waals surface area contributed by atoms with E-state index in [9.17, 15) is 0 Å². The van der Waals surface area contributed by atoms with Crippen molar-refractivity contribution in [3.8, 4) is 0 Å². The number of rotatable bonds is 3. The topological polar surface area (TPSA) is 3.24 Å². The molecule has 0 spiro atoms. The molecule has 0 amide bonds. The molecule has 22 heavy (non-hydrogen) atoms. The summed E-state index contributed by atoms with van der Waals surface area (Å²) in [7, 11) is 2.17. The van der Waals surface area contributed by atoms with E-state index in [1.807, 2.05) is 23.5 Å². The van der Waals surface area contributed by atoms with Crippen molar-refractivity contribution < 1.29 is 0 Å². The second-order valence-electron chi connectivity index (χ2n) is 5.49. The van der Waals surface area contributed by atoms with E-state index >= 15 is 0 Å². The Hall–Kier alpha value is -1.58. The zero-order valence-corrected chi connectivity index (χ0v) is 14.0. The van der Waals surface area contributed by atoms with E-state index in [2.05, 4.69) is 78.0 Å². The fourth-order valence-electron chi connectivity index (χ4n) is 2.96. The lowest BCUT2D eigenvalue weighted by molar-refractivity contribution is 1.08. The minimum Gasteiger partial charge on any atom is -0.346 e. The van der Waals surface area contributed by atoms with E-state index < -0.39 is 0 Å². The Labute approximate surface area is 140 Å². The van der Waals surface area contributed by atoms with Gasteiger partial charge in [-0.2, -0.15) is 0 Å². The van der Waals surface area contributed by atoms with Crippen molar-refractivity contribution in [1.29, 1.82) is 0 Å². The number of fused-ring (bicyclic) bond motifs is 3. The van der Waals surface area contributed by atoms with Crippen LogP contribution in [0.15, 0.2) is 76.7 Å². The highest BCUT2D eigenvalue weighted by molar-refractivity contribution is 8.02. The van der Waals surface area contributed by atoms with E-state index in [-0.39, 0.29) is 0 Å². The van der Waals surface area contributed by atoms with Crippen LogP contribution in [-0.4, -0.2) is 7.05 Å².